The summed E-state index contributed by atoms with van der Waals surface area (Å²) in [6, 6.07) is 23.2. The van der Waals surface area contributed by atoms with E-state index >= 15 is 0 Å². The smallest absolute Gasteiger partial charge is 0.242 e. The first-order valence-electron chi connectivity index (χ1n) is 12.4. The van der Waals surface area contributed by atoms with E-state index in [2.05, 4.69) is 5.32 Å². The van der Waals surface area contributed by atoms with E-state index in [9.17, 15) is 18.0 Å². The van der Waals surface area contributed by atoms with Crippen LogP contribution in [-0.4, -0.2) is 51.0 Å². The highest BCUT2D eigenvalue weighted by atomic mass is 35.5. The van der Waals surface area contributed by atoms with Crippen LogP contribution in [0.25, 0.3) is 0 Å². The Kier molecular flexibility index (Phi) is 10.3. The number of nitrogens with zero attached hydrogens (tertiary/aromatic N) is 2. The molecular formula is C29H34ClN3O4S. The van der Waals surface area contributed by atoms with Crippen LogP contribution >= 0.6 is 11.6 Å². The minimum absolute atomic E-state index is 0.0771. The van der Waals surface area contributed by atoms with Crippen LogP contribution in [0, 0.1) is 6.92 Å². The van der Waals surface area contributed by atoms with Gasteiger partial charge in [0, 0.05) is 38.0 Å². The molecule has 0 heterocycles. The highest BCUT2D eigenvalue weighted by molar-refractivity contribution is 7.92. The molecule has 0 saturated heterocycles. The zero-order chi connectivity index (χ0) is 27.7. The summed E-state index contributed by atoms with van der Waals surface area (Å²) in [5.74, 6) is -0.477. The van der Waals surface area contributed by atoms with E-state index in [1.54, 1.807) is 36.2 Å². The molecule has 202 valence electrons. The van der Waals surface area contributed by atoms with E-state index < -0.39 is 16.1 Å². The number of hydrogen-bond donors (Lipinski definition) is 1. The van der Waals surface area contributed by atoms with Crippen LogP contribution in [0.2, 0.25) is 5.02 Å². The molecule has 0 spiro atoms. The maximum atomic E-state index is 13.7. The van der Waals surface area contributed by atoms with Gasteiger partial charge in [-0.3, -0.25) is 13.9 Å². The standard InChI is InChI=1S/C29H34ClN3O4S/c1-22-9-7-12-24(19-22)21-32(27(29(35)31-2)20-23-10-5-4-6-11-23)28(34)13-8-18-33(38(3,36)37)26-16-14-25(30)15-17-26/h4-7,9-12,14-17,19,27H,8,13,18,20-21H2,1-3H3,(H,31,35)/t27-/m1/s1. The third-order valence-corrected chi connectivity index (χ3v) is 7.67. The van der Waals surface area contributed by atoms with Crippen LogP contribution in [0.3, 0.4) is 0 Å². The van der Waals surface area contributed by atoms with Crippen molar-refractivity contribution in [2.45, 2.75) is 38.8 Å². The Morgan fingerprint density at radius 1 is 0.947 bits per heavy atom. The molecular weight excluding hydrogens is 522 g/mol. The Morgan fingerprint density at radius 3 is 2.21 bits per heavy atom. The molecule has 0 aromatic heterocycles. The first kappa shape index (κ1) is 29.2. The number of carbonyl (C=O) groups excluding carboxylic acids is 2. The van der Waals surface area contributed by atoms with Gasteiger partial charge in [-0.05, 0) is 48.7 Å². The number of anilines is 1. The van der Waals surface area contributed by atoms with Gasteiger partial charge in [-0.25, -0.2) is 8.42 Å². The van der Waals surface area contributed by atoms with Gasteiger partial charge in [-0.15, -0.1) is 0 Å². The van der Waals surface area contributed by atoms with E-state index in [1.807, 2.05) is 61.5 Å². The molecule has 0 fully saturated rings. The molecule has 7 nitrogen and oxygen atoms in total. The maximum Gasteiger partial charge on any atom is 0.242 e. The van der Waals surface area contributed by atoms with Crippen LogP contribution in [-0.2, 0) is 32.6 Å². The number of halogens is 1. The summed E-state index contributed by atoms with van der Waals surface area (Å²) in [5.41, 5.74) is 3.39. The summed E-state index contributed by atoms with van der Waals surface area (Å²) >= 11 is 5.96. The van der Waals surface area contributed by atoms with E-state index in [0.717, 1.165) is 22.9 Å². The van der Waals surface area contributed by atoms with Gasteiger partial charge in [-0.1, -0.05) is 71.8 Å². The molecule has 0 radical (unpaired) electrons. The summed E-state index contributed by atoms with van der Waals surface area (Å²) < 4.78 is 26.2. The number of likely N-dealkylation sites (N-methyl/N-ethyl adjacent to an activating group) is 1. The van der Waals surface area contributed by atoms with Gasteiger partial charge < -0.3 is 10.2 Å². The van der Waals surface area contributed by atoms with E-state index in [1.165, 1.54) is 4.31 Å². The fourth-order valence-corrected chi connectivity index (χ4v) is 5.43. The fourth-order valence-electron chi connectivity index (χ4n) is 4.34. The van der Waals surface area contributed by atoms with Gasteiger partial charge in [-0.2, -0.15) is 0 Å². The number of rotatable bonds is 12. The van der Waals surface area contributed by atoms with Gasteiger partial charge in [0.2, 0.25) is 21.8 Å². The molecule has 0 aliphatic heterocycles. The van der Waals surface area contributed by atoms with E-state index in [-0.39, 0.29) is 37.7 Å². The van der Waals surface area contributed by atoms with Crippen molar-refractivity contribution in [2.24, 2.45) is 0 Å². The second-order valence-electron chi connectivity index (χ2n) is 9.25. The number of sulfonamides is 1. The van der Waals surface area contributed by atoms with Crippen LogP contribution in [0.4, 0.5) is 5.69 Å². The van der Waals surface area contributed by atoms with Crippen LogP contribution in [0.5, 0.6) is 0 Å². The first-order chi connectivity index (χ1) is 18.1. The van der Waals surface area contributed by atoms with Gasteiger partial charge >= 0.3 is 0 Å². The zero-order valence-corrected chi connectivity index (χ0v) is 23.5. The fraction of sp³-hybridized carbons (Fsp3) is 0.310. The summed E-state index contributed by atoms with van der Waals surface area (Å²) in [4.78, 5) is 28.3. The topological polar surface area (TPSA) is 86.8 Å². The normalized spacial score (nSPS) is 12.0. The van der Waals surface area contributed by atoms with Crippen molar-refractivity contribution in [1.82, 2.24) is 10.2 Å². The van der Waals surface area contributed by atoms with E-state index in [4.69, 9.17) is 11.6 Å². The third kappa shape index (κ3) is 8.33. The molecule has 3 aromatic carbocycles. The average molecular weight is 556 g/mol. The summed E-state index contributed by atoms with van der Waals surface area (Å²) in [5, 5.41) is 3.21. The second kappa shape index (κ2) is 13.4. The monoisotopic (exact) mass is 555 g/mol. The highest BCUT2D eigenvalue weighted by Crippen LogP contribution is 2.22. The molecule has 9 heteroatoms. The van der Waals surface area contributed by atoms with E-state index in [0.29, 0.717) is 17.1 Å². The van der Waals surface area contributed by atoms with Gasteiger partial charge in [0.25, 0.3) is 0 Å². The van der Waals surface area contributed by atoms with Gasteiger partial charge in [0.05, 0.1) is 11.9 Å². The van der Waals surface area contributed by atoms with Crippen LogP contribution in [0.1, 0.15) is 29.5 Å². The molecule has 0 aliphatic rings. The quantitative estimate of drug-likeness (QED) is 0.354. The molecule has 2 amide bonds. The second-order valence-corrected chi connectivity index (χ2v) is 11.6. The summed E-state index contributed by atoms with van der Waals surface area (Å²) in [7, 11) is -2.01. The number of aryl methyl sites for hydroxylation is 1. The Balaban J connectivity index is 1.84. The molecule has 0 aliphatic carbocycles. The number of hydrogen-bond acceptors (Lipinski definition) is 4. The van der Waals surface area contributed by atoms with Crippen molar-refractivity contribution < 1.29 is 18.0 Å². The molecule has 0 unspecified atom stereocenters. The van der Waals surface area contributed by atoms with Crippen LogP contribution in [0.15, 0.2) is 78.9 Å². The Bertz CT molecular complexity index is 1330. The SMILES string of the molecule is CNC(=O)[C@@H](Cc1ccccc1)N(Cc1cccc(C)c1)C(=O)CCCN(c1ccc(Cl)cc1)S(C)(=O)=O. The zero-order valence-electron chi connectivity index (χ0n) is 21.9. The number of benzene rings is 3. The lowest BCUT2D eigenvalue weighted by atomic mass is 10.0. The van der Waals surface area contributed by atoms with Gasteiger partial charge in [0.15, 0.2) is 0 Å². The molecule has 0 saturated carbocycles. The number of carbonyl (C=O) groups is 2. The largest absolute Gasteiger partial charge is 0.357 e. The van der Waals surface area contributed by atoms with Crippen molar-refractivity contribution in [3.8, 4) is 0 Å². The summed E-state index contributed by atoms with van der Waals surface area (Å²) in [6.45, 7) is 2.36. The molecule has 3 aromatic rings. The molecule has 1 N–H and O–H groups in total. The lowest BCUT2D eigenvalue weighted by Gasteiger charge is -2.31. The van der Waals surface area contributed by atoms with Gasteiger partial charge in [0.1, 0.15) is 6.04 Å². The molecule has 38 heavy (non-hydrogen) atoms. The number of amides is 2. The maximum absolute atomic E-state index is 13.7. The predicted molar refractivity (Wildman–Crippen MR) is 153 cm³/mol. The van der Waals surface area contributed by atoms with Crippen molar-refractivity contribution in [3.05, 3.63) is 101 Å². The summed E-state index contributed by atoms with van der Waals surface area (Å²) in [6.07, 6.45) is 1.85. The van der Waals surface area contributed by atoms with Crippen molar-refractivity contribution in [2.75, 3.05) is 24.2 Å². The molecule has 0 bridgehead atoms. The molecule has 1 atom stereocenters. The highest BCUT2D eigenvalue weighted by Gasteiger charge is 2.30. The Labute approximate surface area is 230 Å². The minimum Gasteiger partial charge on any atom is -0.357 e. The molecule has 3 rings (SSSR count). The Hall–Kier alpha value is -3.36. The van der Waals surface area contributed by atoms with Crippen molar-refractivity contribution in [1.29, 1.82) is 0 Å². The number of nitrogens with one attached hydrogen (secondary N) is 1. The minimum atomic E-state index is -3.58. The lowest BCUT2D eigenvalue weighted by molar-refractivity contribution is -0.141. The average Bonchev–Trinajstić information content (AvgIpc) is 2.88. The Morgan fingerprint density at radius 2 is 1.61 bits per heavy atom. The third-order valence-electron chi connectivity index (χ3n) is 6.22. The van der Waals surface area contributed by atoms with Crippen molar-refractivity contribution in [3.63, 3.8) is 0 Å². The lowest BCUT2D eigenvalue weighted by Crippen LogP contribution is -2.49. The first-order valence-corrected chi connectivity index (χ1v) is 14.6. The van der Waals surface area contributed by atoms with Crippen LogP contribution < -0.4 is 9.62 Å². The predicted octanol–water partition coefficient (Wildman–Crippen LogP) is 4.58. The van der Waals surface area contributed by atoms with Crippen molar-refractivity contribution >= 4 is 39.1 Å².